The molecule has 1 aliphatic rings. The molecule has 0 amide bonds. The van der Waals surface area contributed by atoms with Gasteiger partial charge >= 0.3 is 6.18 Å². The predicted molar refractivity (Wildman–Crippen MR) is 88.1 cm³/mol. The Kier molecular flexibility index (Phi) is 5.03. The minimum Gasteiger partial charge on any atom is -0.381 e. The minimum atomic E-state index is -4.81. The molecule has 0 spiro atoms. The Balaban J connectivity index is 2.07. The molecule has 3 rings (SSSR count). The number of hydrogen-bond donors (Lipinski definition) is 0. The van der Waals surface area contributed by atoms with Crippen molar-refractivity contribution < 1.29 is 26.3 Å². The van der Waals surface area contributed by atoms with Crippen LogP contribution in [0.3, 0.4) is 0 Å². The minimum absolute atomic E-state index is 0.158. The molecular weight excluding hydrogens is 369 g/mol. The molecule has 1 heterocycles. The fraction of sp³-hybridized carbons (Fsp3) is 0.412. The van der Waals surface area contributed by atoms with E-state index < -0.39 is 31.7 Å². The van der Waals surface area contributed by atoms with Crippen LogP contribution in [0.5, 0.6) is 0 Å². The van der Waals surface area contributed by atoms with Gasteiger partial charge in [0.05, 0.1) is 33.7 Å². The molecule has 2 aromatic rings. The number of sulfone groups is 1. The fourth-order valence-corrected chi connectivity index (χ4v) is 5.20. The van der Waals surface area contributed by atoms with Crippen LogP contribution in [0.15, 0.2) is 41.7 Å². The second-order valence-electron chi connectivity index (χ2n) is 6.14. The van der Waals surface area contributed by atoms with Gasteiger partial charge in [0.2, 0.25) is 0 Å². The summed E-state index contributed by atoms with van der Waals surface area (Å²) in [7, 11) is -2.66. The number of alkyl halides is 3. The third kappa shape index (κ3) is 3.59. The van der Waals surface area contributed by atoms with Crippen molar-refractivity contribution in [3.05, 3.63) is 42.4 Å². The van der Waals surface area contributed by atoms with Gasteiger partial charge in [0, 0.05) is 25.1 Å². The van der Waals surface area contributed by atoms with Crippen molar-refractivity contribution in [3.8, 4) is 11.3 Å². The summed E-state index contributed by atoms with van der Waals surface area (Å²) >= 11 is 0. The van der Waals surface area contributed by atoms with Gasteiger partial charge in [-0.1, -0.05) is 6.07 Å². The second kappa shape index (κ2) is 6.96. The van der Waals surface area contributed by atoms with Crippen LogP contribution in [0.4, 0.5) is 13.2 Å². The molecule has 1 saturated carbocycles. The number of benzene rings is 1. The van der Waals surface area contributed by atoms with Crippen LogP contribution in [0.1, 0.15) is 24.8 Å². The van der Waals surface area contributed by atoms with E-state index in [4.69, 9.17) is 4.74 Å². The van der Waals surface area contributed by atoms with Crippen LogP contribution >= 0.6 is 0 Å². The van der Waals surface area contributed by atoms with Gasteiger partial charge in [0.1, 0.15) is 0 Å². The molecule has 0 N–H and O–H groups in total. The van der Waals surface area contributed by atoms with Crippen molar-refractivity contribution in [2.75, 3.05) is 7.11 Å². The van der Waals surface area contributed by atoms with Crippen molar-refractivity contribution >= 4 is 9.84 Å². The van der Waals surface area contributed by atoms with Crippen LogP contribution < -0.4 is 0 Å². The first-order chi connectivity index (χ1) is 12.2. The third-order valence-electron chi connectivity index (χ3n) is 4.56. The van der Waals surface area contributed by atoms with Crippen LogP contribution in [0, 0.1) is 0 Å². The number of nitrogens with zero attached hydrogens (tertiary/aromatic N) is 2. The maximum absolute atomic E-state index is 13.6. The molecule has 26 heavy (non-hydrogen) atoms. The molecule has 2 atom stereocenters. The maximum Gasteiger partial charge on any atom is 0.417 e. The lowest BCUT2D eigenvalue weighted by atomic mass is 10.1. The Hall–Kier alpha value is -2.00. The zero-order chi connectivity index (χ0) is 18.9. The smallest absolute Gasteiger partial charge is 0.381 e. The van der Waals surface area contributed by atoms with Crippen LogP contribution in [-0.4, -0.2) is 36.8 Å². The van der Waals surface area contributed by atoms with E-state index in [9.17, 15) is 21.6 Å². The quantitative estimate of drug-likeness (QED) is 0.804. The van der Waals surface area contributed by atoms with E-state index in [1.54, 1.807) is 0 Å². The van der Waals surface area contributed by atoms with E-state index >= 15 is 0 Å². The average Bonchev–Trinajstić information content (AvgIpc) is 3.11. The SMILES string of the molecule is CO[C@@H]1CC[C@@H](S(=O)(=O)c2ccc(-c3cnccn3)cc2C(F)(F)F)C1. The van der Waals surface area contributed by atoms with E-state index in [0.29, 0.717) is 6.42 Å². The summed E-state index contributed by atoms with van der Waals surface area (Å²) in [4.78, 5) is 7.10. The molecule has 0 radical (unpaired) electrons. The van der Waals surface area contributed by atoms with Crippen molar-refractivity contribution in [3.63, 3.8) is 0 Å². The summed E-state index contributed by atoms with van der Waals surface area (Å²) in [6, 6.07) is 3.16. The highest BCUT2D eigenvalue weighted by atomic mass is 32.2. The lowest BCUT2D eigenvalue weighted by Crippen LogP contribution is -2.23. The molecule has 1 aromatic carbocycles. The lowest BCUT2D eigenvalue weighted by molar-refractivity contribution is -0.139. The Morgan fingerprint density at radius 1 is 1.19 bits per heavy atom. The second-order valence-corrected chi connectivity index (χ2v) is 8.33. The summed E-state index contributed by atoms with van der Waals surface area (Å²) in [5, 5.41) is -0.879. The lowest BCUT2D eigenvalue weighted by Gasteiger charge is -2.18. The zero-order valence-electron chi connectivity index (χ0n) is 13.9. The Bertz CT molecular complexity index is 886. The van der Waals surface area contributed by atoms with Crippen LogP contribution in [-0.2, 0) is 20.8 Å². The monoisotopic (exact) mass is 386 g/mol. The molecule has 140 valence electrons. The Labute approximate surface area is 149 Å². The number of halogens is 3. The summed E-state index contributed by atoms with van der Waals surface area (Å²) < 4.78 is 71.5. The largest absolute Gasteiger partial charge is 0.417 e. The summed E-state index contributed by atoms with van der Waals surface area (Å²) in [5.74, 6) is 0. The van der Waals surface area contributed by atoms with Gasteiger partial charge in [-0.15, -0.1) is 0 Å². The molecule has 1 fully saturated rings. The van der Waals surface area contributed by atoms with Crippen LogP contribution in [0.2, 0.25) is 0 Å². The van der Waals surface area contributed by atoms with E-state index in [0.717, 1.165) is 12.1 Å². The standard InChI is InChI=1S/C17H17F3N2O3S/c1-25-12-3-4-13(9-12)26(23,24)16-5-2-11(8-14(16)17(18,19)20)15-10-21-6-7-22-15/h2,5-8,10,12-13H,3-4,9H2,1H3/t12-,13-/m1/s1. The first-order valence-corrected chi connectivity index (χ1v) is 9.52. The van der Waals surface area contributed by atoms with Gasteiger partial charge < -0.3 is 4.74 Å². The van der Waals surface area contributed by atoms with Gasteiger partial charge in [-0.25, -0.2) is 8.42 Å². The third-order valence-corrected chi connectivity index (χ3v) is 6.83. The average molecular weight is 386 g/mol. The van der Waals surface area contributed by atoms with Gasteiger partial charge in [-0.2, -0.15) is 13.2 Å². The first kappa shape index (κ1) is 18.8. The number of aromatic nitrogens is 2. The first-order valence-electron chi connectivity index (χ1n) is 7.98. The molecule has 1 aliphatic carbocycles. The number of rotatable bonds is 4. The number of methoxy groups -OCH3 is 1. The summed E-state index contributed by atoms with van der Waals surface area (Å²) in [6.07, 6.45) is 0.0218. The van der Waals surface area contributed by atoms with Crippen molar-refractivity contribution in [2.24, 2.45) is 0 Å². The molecule has 0 aliphatic heterocycles. The van der Waals surface area contributed by atoms with Crippen LogP contribution in [0.25, 0.3) is 11.3 Å². The van der Waals surface area contributed by atoms with Crippen molar-refractivity contribution in [1.82, 2.24) is 9.97 Å². The zero-order valence-corrected chi connectivity index (χ0v) is 14.7. The van der Waals surface area contributed by atoms with E-state index in [1.165, 1.54) is 31.8 Å². The normalized spacial score (nSPS) is 21.1. The molecule has 0 bridgehead atoms. The van der Waals surface area contributed by atoms with E-state index in [-0.39, 0.29) is 30.2 Å². The Morgan fingerprint density at radius 2 is 1.96 bits per heavy atom. The van der Waals surface area contributed by atoms with E-state index in [1.807, 2.05) is 0 Å². The van der Waals surface area contributed by atoms with Gasteiger partial charge in [-0.05, 0) is 31.4 Å². The van der Waals surface area contributed by atoms with E-state index in [2.05, 4.69) is 9.97 Å². The molecule has 1 aromatic heterocycles. The van der Waals surface area contributed by atoms with Crippen molar-refractivity contribution in [2.45, 2.75) is 41.7 Å². The number of ether oxygens (including phenoxy) is 1. The molecule has 5 nitrogen and oxygen atoms in total. The molecular formula is C17H17F3N2O3S. The predicted octanol–water partition coefficient (Wildman–Crippen LogP) is 3.50. The highest BCUT2D eigenvalue weighted by Crippen LogP contribution is 2.40. The summed E-state index contributed by atoms with van der Waals surface area (Å²) in [6.45, 7) is 0. The molecule has 0 unspecified atom stereocenters. The highest BCUT2D eigenvalue weighted by molar-refractivity contribution is 7.92. The molecule has 0 saturated heterocycles. The molecule has 9 heteroatoms. The highest BCUT2D eigenvalue weighted by Gasteiger charge is 2.42. The van der Waals surface area contributed by atoms with Gasteiger partial charge in [-0.3, -0.25) is 9.97 Å². The van der Waals surface area contributed by atoms with Gasteiger partial charge in [0.15, 0.2) is 9.84 Å². The summed E-state index contributed by atoms with van der Waals surface area (Å²) in [5.41, 5.74) is -0.783. The maximum atomic E-state index is 13.6. The van der Waals surface area contributed by atoms with Crippen molar-refractivity contribution in [1.29, 1.82) is 0 Å². The Morgan fingerprint density at radius 3 is 2.54 bits per heavy atom. The topological polar surface area (TPSA) is 69.2 Å². The van der Waals surface area contributed by atoms with Gasteiger partial charge in [0.25, 0.3) is 0 Å². The fourth-order valence-electron chi connectivity index (χ4n) is 3.18. The number of hydrogen-bond acceptors (Lipinski definition) is 5.